The summed E-state index contributed by atoms with van der Waals surface area (Å²) in [7, 11) is 0. The van der Waals surface area contributed by atoms with Crippen LogP contribution in [-0.2, 0) is 25.7 Å². The average Bonchev–Trinajstić information content (AvgIpc) is 3.40. The van der Waals surface area contributed by atoms with Crippen molar-refractivity contribution >= 4 is 23.5 Å². The normalized spacial score (nSPS) is 15.6. The zero-order valence-corrected chi connectivity index (χ0v) is 24.5. The fraction of sp³-hybridized carbons (Fsp3) is 0.438. The fourth-order valence-electron chi connectivity index (χ4n) is 4.87. The van der Waals surface area contributed by atoms with Gasteiger partial charge in [-0.2, -0.15) is 0 Å². The third-order valence-electron chi connectivity index (χ3n) is 7.27. The number of imidazole rings is 1. The summed E-state index contributed by atoms with van der Waals surface area (Å²) in [6.07, 6.45) is 8.61. The summed E-state index contributed by atoms with van der Waals surface area (Å²) in [5.41, 5.74) is 6.56. The van der Waals surface area contributed by atoms with E-state index in [-0.39, 0.29) is 24.9 Å². The highest BCUT2D eigenvalue weighted by molar-refractivity contribution is 5.98. The van der Waals surface area contributed by atoms with Crippen LogP contribution in [0.4, 0.5) is 5.82 Å². The Bertz CT molecular complexity index is 1300. The van der Waals surface area contributed by atoms with E-state index in [1.165, 1.54) is 6.42 Å². The van der Waals surface area contributed by atoms with Crippen LogP contribution in [-0.4, -0.2) is 63.4 Å². The molecule has 3 amide bonds. The maximum absolute atomic E-state index is 13.9. The first-order valence-corrected chi connectivity index (χ1v) is 14.6. The van der Waals surface area contributed by atoms with E-state index < -0.39 is 29.4 Å². The van der Waals surface area contributed by atoms with E-state index >= 15 is 0 Å². The topological polar surface area (TPSA) is 132 Å². The summed E-state index contributed by atoms with van der Waals surface area (Å²) < 4.78 is 7.51. The summed E-state index contributed by atoms with van der Waals surface area (Å²) in [5.74, 6) is -0.726. The smallest absolute Gasteiger partial charge is 0.250 e. The standard InChI is InChI=1S/C32H42N6O4/c1-32(2,33)31(41)35-26(22-42-21-24-14-8-6-9-15-24)29(39)36-27-20-38(23-34-27)28(25-16-10-7-11-17-25)30(40)37-18-12-4-3-5-13-19-37/h6-11,14-17,20,23,26,28H,3-5,12-13,18-19,21-22,33H2,1-2H3,(H,35,41)(H,36,39). The molecule has 224 valence electrons. The van der Waals surface area contributed by atoms with Gasteiger partial charge in [-0.15, -0.1) is 0 Å². The molecule has 0 radical (unpaired) electrons. The van der Waals surface area contributed by atoms with E-state index in [1.807, 2.05) is 65.6 Å². The lowest BCUT2D eigenvalue weighted by atomic mass is 10.0. The van der Waals surface area contributed by atoms with Crippen LogP contribution in [0.2, 0.25) is 0 Å². The second-order valence-electron chi connectivity index (χ2n) is 11.4. The molecule has 2 atom stereocenters. The van der Waals surface area contributed by atoms with Crippen LogP contribution in [0.3, 0.4) is 0 Å². The van der Waals surface area contributed by atoms with Gasteiger partial charge in [0.2, 0.25) is 11.8 Å². The Morgan fingerprint density at radius 1 is 0.952 bits per heavy atom. The Kier molecular flexibility index (Phi) is 10.9. The fourth-order valence-corrected chi connectivity index (χ4v) is 4.87. The summed E-state index contributed by atoms with van der Waals surface area (Å²) in [6, 6.07) is 17.5. The van der Waals surface area contributed by atoms with Crippen molar-refractivity contribution in [2.24, 2.45) is 5.73 Å². The van der Waals surface area contributed by atoms with Gasteiger partial charge in [0, 0.05) is 19.3 Å². The highest BCUT2D eigenvalue weighted by Gasteiger charge is 2.30. The van der Waals surface area contributed by atoms with Crippen LogP contribution in [0.5, 0.6) is 0 Å². The van der Waals surface area contributed by atoms with Crippen molar-refractivity contribution in [2.45, 2.75) is 70.2 Å². The molecular formula is C32H42N6O4. The van der Waals surface area contributed by atoms with Gasteiger partial charge in [-0.1, -0.05) is 79.9 Å². The number of benzene rings is 2. The van der Waals surface area contributed by atoms with Crippen molar-refractivity contribution in [1.29, 1.82) is 0 Å². The van der Waals surface area contributed by atoms with Crippen molar-refractivity contribution < 1.29 is 19.1 Å². The van der Waals surface area contributed by atoms with Crippen LogP contribution < -0.4 is 16.4 Å². The second kappa shape index (κ2) is 14.7. The molecule has 1 fully saturated rings. The maximum atomic E-state index is 13.9. The Labute approximate surface area is 247 Å². The van der Waals surface area contributed by atoms with Gasteiger partial charge < -0.3 is 30.6 Å². The van der Waals surface area contributed by atoms with Gasteiger partial charge >= 0.3 is 0 Å². The SMILES string of the molecule is CC(C)(N)C(=O)NC(COCc1ccccc1)C(=O)Nc1cn(C(C(=O)N2CCCCCCC2)c2ccccc2)cn1. The van der Waals surface area contributed by atoms with Crippen molar-refractivity contribution in [3.05, 3.63) is 84.3 Å². The first kappa shape index (κ1) is 30.9. The van der Waals surface area contributed by atoms with E-state index in [0.717, 1.165) is 49.9 Å². The third-order valence-corrected chi connectivity index (χ3v) is 7.27. The van der Waals surface area contributed by atoms with Crippen molar-refractivity contribution in [3.8, 4) is 0 Å². The molecule has 0 saturated carbocycles. The average molecular weight is 575 g/mol. The van der Waals surface area contributed by atoms with Crippen molar-refractivity contribution in [2.75, 3.05) is 25.0 Å². The number of likely N-dealkylation sites (tertiary alicyclic amines) is 1. The molecule has 10 heteroatoms. The van der Waals surface area contributed by atoms with Gasteiger partial charge in [0.05, 0.1) is 25.1 Å². The molecule has 4 rings (SSSR count). The number of nitrogens with zero attached hydrogens (tertiary/aromatic N) is 3. The minimum Gasteiger partial charge on any atom is -0.374 e. The molecule has 4 N–H and O–H groups in total. The zero-order valence-electron chi connectivity index (χ0n) is 24.5. The number of rotatable bonds is 11. The monoisotopic (exact) mass is 574 g/mol. The molecule has 1 saturated heterocycles. The van der Waals surface area contributed by atoms with Crippen molar-refractivity contribution in [3.63, 3.8) is 0 Å². The van der Waals surface area contributed by atoms with Crippen LogP contribution in [0.25, 0.3) is 0 Å². The van der Waals surface area contributed by atoms with Crippen LogP contribution in [0.15, 0.2) is 73.2 Å². The molecule has 2 unspecified atom stereocenters. The Balaban J connectivity index is 1.50. The first-order chi connectivity index (χ1) is 20.2. The van der Waals surface area contributed by atoms with E-state index in [9.17, 15) is 14.4 Å². The summed E-state index contributed by atoms with van der Waals surface area (Å²) in [6.45, 7) is 4.79. The Morgan fingerprint density at radius 2 is 1.57 bits per heavy atom. The predicted molar refractivity (Wildman–Crippen MR) is 161 cm³/mol. The molecule has 1 aromatic heterocycles. The number of carbonyl (C=O) groups excluding carboxylic acids is 3. The third kappa shape index (κ3) is 8.74. The number of nitrogens with one attached hydrogen (secondary N) is 2. The molecule has 10 nitrogen and oxygen atoms in total. The number of amides is 3. The van der Waals surface area contributed by atoms with Gasteiger partial charge in [-0.05, 0) is 37.8 Å². The molecule has 0 aliphatic carbocycles. The second-order valence-corrected chi connectivity index (χ2v) is 11.4. The minimum atomic E-state index is -1.19. The molecule has 0 spiro atoms. The summed E-state index contributed by atoms with van der Waals surface area (Å²) in [5, 5.41) is 5.47. The zero-order chi connectivity index (χ0) is 30.0. The number of aromatic nitrogens is 2. The van der Waals surface area contributed by atoms with Gasteiger partial charge in [-0.25, -0.2) is 4.98 Å². The molecule has 2 heterocycles. The molecule has 1 aliphatic rings. The highest BCUT2D eigenvalue weighted by Crippen LogP contribution is 2.24. The van der Waals surface area contributed by atoms with E-state index in [4.69, 9.17) is 10.5 Å². The number of anilines is 1. The van der Waals surface area contributed by atoms with Gasteiger partial charge in [0.25, 0.3) is 5.91 Å². The number of nitrogens with two attached hydrogens (primary N) is 1. The van der Waals surface area contributed by atoms with E-state index in [0.29, 0.717) is 0 Å². The predicted octanol–water partition coefficient (Wildman–Crippen LogP) is 3.64. The Hall–Kier alpha value is -4.02. The first-order valence-electron chi connectivity index (χ1n) is 14.6. The molecular weight excluding hydrogens is 532 g/mol. The minimum absolute atomic E-state index is 0.00278. The maximum Gasteiger partial charge on any atom is 0.250 e. The molecule has 42 heavy (non-hydrogen) atoms. The number of hydrogen-bond donors (Lipinski definition) is 3. The molecule has 3 aromatic rings. The van der Waals surface area contributed by atoms with Crippen molar-refractivity contribution in [1.82, 2.24) is 19.8 Å². The number of hydrogen-bond acceptors (Lipinski definition) is 6. The lowest BCUT2D eigenvalue weighted by molar-refractivity contribution is -0.134. The van der Waals surface area contributed by atoms with E-state index in [2.05, 4.69) is 15.6 Å². The van der Waals surface area contributed by atoms with Gasteiger partial charge in [0.1, 0.15) is 12.1 Å². The van der Waals surface area contributed by atoms with Gasteiger partial charge in [-0.3, -0.25) is 14.4 Å². The van der Waals surface area contributed by atoms with Crippen LogP contribution >= 0.6 is 0 Å². The van der Waals surface area contributed by atoms with Crippen LogP contribution in [0.1, 0.15) is 63.1 Å². The highest BCUT2D eigenvalue weighted by atomic mass is 16.5. The Morgan fingerprint density at radius 3 is 2.21 bits per heavy atom. The van der Waals surface area contributed by atoms with E-state index in [1.54, 1.807) is 30.9 Å². The van der Waals surface area contributed by atoms with Gasteiger partial charge in [0.15, 0.2) is 5.82 Å². The molecule has 2 aromatic carbocycles. The summed E-state index contributed by atoms with van der Waals surface area (Å²) in [4.78, 5) is 46.2. The van der Waals surface area contributed by atoms with Crippen LogP contribution in [0, 0.1) is 0 Å². The summed E-state index contributed by atoms with van der Waals surface area (Å²) >= 11 is 0. The number of carbonyl (C=O) groups is 3. The quantitative estimate of drug-likeness (QED) is 0.320. The lowest BCUT2D eigenvalue weighted by Gasteiger charge is -2.29. The largest absolute Gasteiger partial charge is 0.374 e. The molecule has 0 bridgehead atoms. The molecule has 1 aliphatic heterocycles. The number of ether oxygens (including phenoxy) is 1. The lowest BCUT2D eigenvalue weighted by Crippen LogP contribution is -2.56.